The molecule has 0 amide bonds. The Kier molecular flexibility index (Phi) is 2.67. The second-order valence-electron chi connectivity index (χ2n) is 4.98. The summed E-state index contributed by atoms with van der Waals surface area (Å²) < 4.78 is 0. The Morgan fingerprint density at radius 3 is 2.22 bits per heavy atom. The molecule has 1 N–H and O–H groups in total. The molecular weight excluding hydrogens is 218 g/mol. The van der Waals surface area contributed by atoms with Crippen molar-refractivity contribution in [2.45, 2.75) is 19.8 Å². The van der Waals surface area contributed by atoms with Gasteiger partial charge in [0.05, 0.1) is 0 Å². The molecule has 0 unspecified atom stereocenters. The summed E-state index contributed by atoms with van der Waals surface area (Å²) in [6, 6.07) is 19.1. The van der Waals surface area contributed by atoms with Crippen molar-refractivity contribution < 1.29 is 0 Å². The molecule has 1 aromatic heterocycles. The van der Waals surface area contributed by atoms with E-state index >= 15 is 0 Å². The Morgan fingerprint density at radius 2 is 1.50 bits per heavy atom. The fraction of sp³-hybridized carbons (Fsp3) is 0.176. The van der Waals surface area contributed by atoms with Crippen molar-refractivity contribution in [2.75, 3.05) is 0 Å². The molecule has 0 saturated carbocycles. The zero-order valence-corrected chi connectivity index (χ0v) is 10.8. The third-order valence-electron chi connectivity index (χ3n) is 3.37. The number of nitrogens with one attached hydrogen (secondary N) is 1. The zero-order valence-electron chi connectivity index (χ0n) is 10.8. The Bertz CT molecular complexity index is 662. The van der Waals surface area contributed by atoms with Crippen molar-refractivity contribution >= 4 is 10.9 Å². The van der Waals surface area contributed by atoms with Gasteiger partial charge < -0.3 is 4.98 Å². The maximum Gasteiger partial charge on any atom is 0.0462 e. The van der Waals surface area contributed by atoms with E-state index in [9.17, 15) is 0 Å². The topological polar surface area (TPSA) is 15.8 Å². The Labute approximate surface area is 107 Å². The first kappa shape index (κ1) is 11.1. The minimum atomic E-state index is 0.493. The molecular formula is C17H17N. The van der Waals surface area contributed by atoms with Crippen LogP contribution in [0.4, 0.5) is 0 Å². The molecule has 0 radical (unpaired) electrons. The molecule has 18 heavy (non-hydrogen) atoms. The standard InChI is InChI=1S/C17H17N/c1-12(2)17-16(13-8-4-3-5-9-13)14-10-6-7-11-15(14)18-17/h3-12,18H,1-2H3. The van der Waals surface area contributed by atoms with E-state index < -0.39 is 0 Å². The number of benzene rings is 2. The van der Waals surface area contributed by atoms with Crippen LogP contribution in [0.2, 0.25) is 0 Å². The van der Waals surface area contributed by atoms with Gasteiger partial charge in [0.2, 0.25) is 0 Å². The number of para-hydroxylation sites is 1. The monoisotopic (exact) mass is 235 g/mol. The van der Waals surface area contributed by atoms with Crippen LogP contribution in [0.25, 0.3) is 22.0 Å². The summed E-state index contributed by atoms with van der Waals surface area (Å²) in [4.78, 5) is 3.56. The van der Waals surface area contributed by atoms with Crippen LogP contribution < -0.4 is 0 Å². The molecule has 3 aromatic rings. The van der Waals surface area contributed by atoms with Gasteiger partial charge in [-0.15, -0.1) is 0 Å². The van der Waals surface area contributed by atoms with Crippen LogP contribution in [0.3, 0.4) is 0 Å². The predicted octanol–water partition coefficient (Wildman–Crippen LogP) is 4.96. The quantitative estimate of drug-likeness (QED) is 0.646. The van der Waals surface area contributed by atoms with Crippen molar-refractivity contribution in [3.8, 4) is 11.1 Å². The number of hydrogen-bond donors (Lipinski definition) is 1. The van der Waals surface area contributed by atoms with E-state index in [1.807, 2.05) is 0 Å². The van der Waals surface area contributed by atoms with Crippen molar-refractivity contribution in [2.24, 2.45) is 0 Å². The predicted molar refractivity (Wildman–Crippen MR) is 77.8 cm³/mol. The maximum absolute atomic E-state index is 3.56. The highest BCUT2D eigenvalue weighted by molar-refractivity contribution is 5.97. The van der Waals surface area contributed by atoms with Crippen LogP contribution in [-0.2, 0) is 0 Å². The number of aromatic nitrogens is 1. The van der Waals surface area contributed by atoms with Gasteiger partial charge in [-0.05, 0) is 17.5 Å². The normalized spacial score (nSPS) is 11.3. The molecule has 0 saturated heterocycles. The average Bonchev–Trinajstić information content (AvgIpc) is 2.79. The highest BCUT2D eigenvalue weighted by Crippen LogP contribution is 2.35. The van der Waals surface area contributed by atoms with Crippen molar-refractivity contribution in [1.82, 2.24) is 4.98 Å². The van der Waals surface area contributed by atoms with E-state index in [4.69, 9.17) is 0 Å². The fourth-order valence-electron chi connectivity index (χ4n) is 2.51. The van der Waals surface area contributed by atoms with Gasteiger partial charge in [0.1, 0.15) is 0 Å². The molecule has 90 valence electrons. The van der Waals surface area contributed by atoms with Crippen molar-refractivity contribution in [3.05, 3.63) is 60.3 Å². The first-order valence-corrected chi connectivity index (χ1v) is 6.43. The molecule has 2 aromatic carbocycles. The summed E-state index contributed by atoms with van der Waals surface area (Å²) in [5.41, 5.74) is 5.18. The zero-order chi connectivity index (χ0) is 12.5. The molecule has 1 nitrogen and oxygen atoms in total. The first-order valence-electron chi connectivity index (χ1n) is 6.43. The van der Waals surface area contributed by atoms with E-state index in [-0.39, 0.29) is 0 Å². The highest BCUT2D eigenvalue weighted by atomic mass is 14.7. The lowest BCUT2D eigenvalue weighted by Gasteiger charge is -2.07. The van der Waals surface area contributed by atoms with Crippen LogP contribution in [0.15, 0.2) is 54.6 Å². The van der Waals surface area contributed by atoms with E-state index in [1.54, 1.807) is 0 Å². The SMILES string of the molecule is CC(C)c1[nH]c2ccccc2c1-c1ccccc1. The van der Waals surface area contributed by atoms with Gasteiger partial charge in [-0.1, -0.05) is 62.4 Å². The third-order valence-corrected chi connectivity index (χ3v) is 3.37. The van der Waals surface area contributed by atoms with Gasteiger partial charge in [-0.3, -0.25) is 0 Å². The number of rotatable bonds is 2. The van der Waals surface area contributed by atoms with Gasteiger partial charge in [0.15, 0.2) is 0 Å². The Morgan fingerprint density at radius 1 is 0.833 bits per heavy atom. The summed E-state index contributed by atoms with van der Waals surface area (Å²) in [6.07, 6.45) is 0. The fourth-order valence-corrected chi connectivity index (χ4v) is 2.51. The van der Waals surface area contributed by atoms with E-state index in [0.29, 0.717) is 5.92 Å². The molecule has 3 rings (SSSR count). The average molecular weight is 235 g/mol. The van der Waals surface area contributed by atoms with Gasteiger partial charge in [0, 0.05) is 22.2 Å². The Hall–Kier alpha value is -2.02. The minimum absolute atomic E-state index is 0.493. The summed E-state index contributed by atoms with van der Waals surface area (Å²) in [5.74, 6) is 0.493. The molecule has 0 atom stereocenters. The van der Waals surface area contributed by atoms with Crippen LogP contribution in [0, 0.1) is 0 Å². The van der Waals surface area contributed by atoms with E-state index in [1.165, 1.54) is 27.7 Å². The molecule has 0 aliphatic heterocycles. The molecule has 0 fully saturated rings. The van der Waals surface area contributed by atoms with Gasteiger partial charge in [0.25, 0.3) is 0 Å². The van der Waals surface area contributed by atoms with Crippen LogP contribution in [-0.4, -0.2) is 4.98 Å². The van der Waals surface area contributed by atoms with E-state index in [2.05, 4.69) is 73.4 Å². The summed E-state index contributed by atoms with van der Waals surface area (Å²) in [6.45, 7) is 4.47. The lowest BCUT2D eigenvalue weighted by molar-refractivity contribution is 0.839. The van der Waals surface area contributed by atoms with Crippen LogP contribution in [0.5, 0.6) is 0 Å². The third kappa shape index (κ3) is 1.72. The Balaban J connectivity index is 2.35. The summed E-state index contributed by atoms with van der Waals surface area (Å²) in [5, 5.41) is 1.31. The molecule has 0 bridgehead atoms. The first-order chi connectivity index (χ1) is 8.77. The minimum Gasteiger partial charge on any atom is -0.358 e. The maximum atomic E-state index is 3.56. The van der Waals surface area contributed by atoms with Crippen LogP contribution in [0.1, 0.15) is 25.5 Å². The highest BCUT2D eigenvalue weighted by Gasteiger charge is 2.14. The number of H-pyrrole nitrogens is 1. The summed E-state index contributed by atoms with van der Waals surface area (Å²) >= 11 is 0. The lowest BCUT2D eigenvalue weighted by Crippen LogP contribution is -1.90. The van der Waals surface area contributed by atoms with Crippen LogP contribution >= 0.6 is 0 Å². The second kappa shape index (κ2) is 4.34. The molecule has 0 aliphatic rings. The number of hydrogen-bond acceptors (Lipinski definition) is 0. The lowest BCUT2D eigenvalue weighted by atomic mass is 9.97. The number of aromatic amines is 1. The summed E-state index contributed by atoms with van der Waals surface area (Å²) in [7, 11) is 0. The molecule has 0 aliphatic carbocycles. The van der Waals surface area contributed by atoms with Gasteiger partial charge in [-0.25, -0.2) is 0 Å². The molecule has 0 spiro atoms. The number of fused-ring (bicyclic) bond motifs is 1. The second-order valence-corrected chi connectivity index (χ2v) is 4.98. The molecule has 1 heterocycles. The smallest absolute Gasteiger partial charge is 0.0462 e. The van der Waals surface area contributed by atoms with E-state index in [0.717, 1.165) is 0 Å². The van der Waals surface area contributed by atoms with Crippen molar-refractivity contribution in [1.29, 1.82) is 0 Å². The van der Waals surface area contributed by atoms with Crippen molar-refractivity contribution in [3.63, 3.8) is 0 Å². The largest absolute Gasteiger partial charge is 0.358 e. The van der Waals surface area contributed by atoms with Gasteiger partial charge in [-0.2, -0.15) is 0 Å². The van der Waals surface area contributed by atoms with Gasteiger partial charge >= 0.3 is 0 Å². The molecule has 1 heteroatoms.